The fraction of sp³-hybridized carbons (Fsp3) is 0.412. The number of hydrogen-bond acceptors (Lipinski definition) is 9. The molecule has 5 fully saturated rings. The second-order valence-electron chi connectivity index (χ2n) is 18.4. The summed E-state index contributed by atoms with van der Waals surface area (Å²) in [7, 11) is 2.92. The number of imidazole rings is 2. The molecule has 5 aliphatic rings. The van der Waals surface area contributed by atoms with Gasteiger partial charge in [-0.25, -0.2) is 14.8 Å². The molecule has 3 aromatic carbocycles. The zero-order valence-corrected chi connectivity index (χ0v) is 37.1. The molecule has 14 nitrogen and oxygen atoms in total. The Bertz CT molecular complexity index is 2640. The van der Waals surface area contributed by atoms with Crippen molar-refractivity contribution in [1.29, 1.82) is 0 Å². The van der Waals surface area contributed by atoms with Gasteiger partial charge < -0.3 is 34.6 Å². The number of methoxy groups -OCH3 is 2. The maximum absolute atomic E-state index is 14.1. The smallest absolute Gasteiger partial charge is 0.407 e. The highest BCUT2D eigenvalue weighted by Gasteiger charge is 2.52. The number of aromatic nitrogens is 5. The number of nitrogens with zero attached hydrogens (tertiary/aromatic N) is 5. The Labute approximate surface area is 378 Å². The quantitative estimate of drug-likeness (QED) is 0.0835. The Hall–Kier alpha value is -6.38. The van der Waals surface area contributed by atoms with E-state index < -0.39 is 18.2 Å². The van der Waals surface area contributed by atoms with Gasteiger partial charge >= 0.3 is 6.09 Å². The van der Waals surface area contributed by atoms with Gasteiger partial charge in [0.2, 0.25) is 5.91 Å². The van der Waals surface area contributed by atoms with Gasteiger partial charge in [0, 0.05) is 59.6 Å². The average molecular weight is 876 g/mol. The summed E-state index contributed by atoms with van der Waals surface area (Å²) in [5.41, 5.74) is 6.93. The van der Waals surface area contributed by atoms with Crippen molar-refractivity contribution >= 4 is 28.8 Å². The monoisotopic (exact) mass is 875 g/mol. The number of alkyl carbamates (subject to hydrolysis) is 1. The van der Waals surface area contributed by atoms with Crippen molar-refractivity contribution in [3.8, 4) is 11.3 Å². The highest BCUT2D eigenvalue weighted by atomic mass is 16.5. The minimum Gasteiger partial charge on any atom is -0.453 e. The lowest BCUT2D eigenvalue weighted by atomic mass is 9.52. The Morgan fingerprint density at radius 2 is 1.32 bits per heavy atom. The van der Waals surface area contributed by atoms with Gasteiger partial charge in [-0.3, -0.25) is 19.9 Å². The second kappa shape index (κ2) is 17.9. The summed E-state index contributed by atoms with van der Waals surface area (Å²) in [4.78, 5) is 66.6. The SMILES string of the molecule is COCN[C@@H](C(=O)N1CCC[C@H]1c1ncc(-c2ccc3nc(C45CCC(c6cnc([C@@H]7CCCN7C(=O)[C@H](NC(=O)OC)c7ccccc7)[nH]6)(CC4)CC5)ccc3c2)[nH]1)c1ccccc1. The highest BCUT2D eigenvalue weighted by molar-refractivity contribution is 5.88. The van der Waals surface area contributed by atoms with E-state index in [4.69, 9.17) is 24.4 Å². The number of rotatable bonds is 13. The molecular weight excluding hydrogens is 819 g/mol. The largest absolute Gasteiger partial charge is 0.453 e. The molecule has 5 heterocycles. The standard InChI is InChI=1S/C51H57N9O5/c1-64-32-54-43(33-11-5-3-6-12-33)47(61)59-27-9-15-39(59)45-52-30-38(56-45)36-17-19-37-35(29-36)18-20-41(55-37)50-21-24-51(25-22-50,26-23-50)42-31-53-46(57-42)40-16-10-28-60(40)48(62)44(58-49(63)65-2)34-13-7-4-8-14-34/h3-8,11-14,17-20,29-31,39-40,43-44,54H,9-10,15-16,21-28,32H2,1-2H3,(H,52,56)(H,53,57)(H,58,63)/t39-,40-,43+,44+,50?,51?/m0/s1. The first kappa shape index (κ1) is 42.6. The summed E-state index contributed by atoms with van der Waals surface area (Å²) < 4.78 is 10.2. The molecule has 0 spiro atoms. The number of fused-ring (bicyclic) bond motifs is 4. The molecule has 4 atom stereocenters. The number of carbonyl (C=O) groups is 3. The number of likely N-dealkylation sites (tertiary alicyclic amines) is 2. The molecule has 2 bridgehead atoms. The van der Waals surface area contributed by atoms with Crippen molar-refractivity contribution in [3.63, 3.8) is 0 Å². The third kappa shape index (κ3) is 8.07. The molecule has 6 aromatic rings. The molecule has 3 aliphatic carbocycles. The highest BCUT2D eigenvalue weighted by Crippen LogP contribution is 2.58. The number of H-pyrrole nitrogens is 2. The number of aromatic amines is 2. The van der Waals surface area contributed by atoms with E-state index in [0.29, 0.717) is 18.7 Å². The molecule has 65 heavy (non-hydrogen) atoms. The van der Waals surface area contributed by atoms with Crippen molar-refractivity contribution in [2.75, 3.05) is 34.0 Å². The summed E-state index contributed by atoms with van der Waals surface area (Å²) in [5.74, 6) is 1.46. The average Bonchev–Trinajstić information content (AvgIpc) is 4.22. The first-order chi connectivity index (χ1) is 31.8. The zero-order valence-electron chi connectivity index (χ0n) is 37.1. The lowest BCUT2D eigenvalue weighted by Gasteiger charge is -2.53. The molecule has 4 N–H and O–H groups in total. The predicted molar refractivity (Wildman–Crippen MR) is 245 cm³/mol. The van der Waals surface area contributed by atoms with Crippen LogP contribution in [-0.4, -0.2) is 86.7 Å². The van der Waals surface area contributed by atoms with Crippen molar-refractivity contribution < 1.29 is 23.9 Å². The van der Waals surface area contributed by atoms with E-state index in [1.807, 2.05) is 82.9 Å². The van der Waals surface area contributed by atoms with Crippen LogP contribution in [0, 0.1) is 0 Å². The molecule has 2 saturated heterocycles. The summed E-state index contributed by atoms with van der Waals surface area (Å²) in [6, 6.07) is 28.3. The van der Waals surface area contributed by atoms with Crippen molar-refractivity contribution in [2.45, 2.75) is 99.2 Å². The fourth-order valence-electron chi connectivity index (χ4n) is 11.2. The second-order valence-corrected chi connectivity index (χ2v) is 18.4. The Kier molecular flexibility index (Phi) is 11.7. The van der Waals surface area contributed by atoms with E-state index in [0.717, 1.165) is 109 Å². The van der Waals surface area contributed by atoms with Crippen LogP contribution < -0.4 is 10.6 Å². The summed E-state index contributed by atoms with van der Waals surface area (Å²) in [6.45, 7) is 1.54. The van der Waals surface area contributed by atoms with Gasteiger partial charge in [0.1, 0.15) is 23.7 Å². The minimum atomic E-state index is -0.853. The third-order valence-electron chi connectivity index (χ3n) is 14.9. The Morgan fingerprint density at radius 1 is 0.723 bits per heavy atom. The van der Waals surface area contributed by atoms with Crippen LogP contribution >= 0.6 is 0 Å². The molecule has 0 unspecified atom stereocenters. The van der Waals surface area contributed by atoms with Crippen LogP contribution in [0.2, 0.25) is 0 Å². The van der Waals surface area contributed by atoms with Gasteiger partial charge in [-0.05, 0) is 93.5 Å². The van der Waals surface area contributed by atoms with E-state index in [1.54, 1.807) is 7.11 Å². The van der Waals surface area contributed by atoms with Gasteiger partial charge in [-0.1, -0.05) is 72.8 Å². The number of amides is 3. The normalized spacial score (nSPS) is 23.7. The number of ether oxygens (including phenoxy) is 2. The summed E-state index contributed by atoms with van der Waals surface area (Å²) in [5, 5.41) is 7.11. The fourth-order valence-corrected chi connectivity index (χ4v) is 11.2. The van der Waals surface area contributed by atoms with Crippen LogP contribution in [0.5, 0.6) is 0 Å². The van der Waals surface area contributed by atoms with E-state index >= 15 is 0 Å². The summed E-state index contributed by atoms with van der Waals surface area (Å²) in [6.07, 6.45) is 13.0. The molecule has 336 valence electrons. The lowest BCUT2D eigenvalue weighted by molar-refractivity contribution is -0.135. The zero-order chi connectivity index (χ0) is 44.5. The van der Waals surface area contributed by atoms with E-state index in [-0.39, 0.29) is 41.5 Å². The Balaban J connectivity index is 0.807. The van der Waals surface area contributed by atoms with E-state index in [2.05, 4.69) is 50.9 Å². The molecule has 3 amide bonds. The van der Waals surface area contributed by atoms with Crippen LogP contribution in [0.25, 0.3) is 22.2 Å². The van der Waals surface area contributed by atoms with Crippen LogP contribution in [-0.2, 0) is 29.9 Å². The molecule has 3 saturated carbocycles. The lowest BCUT2D eigenvalue weighted by Crippen LogP contribution is -2.47. The minimum absolute atomic E-state index is 0.0153. The maximum atomic E-state index is 14.1. The molecule has 0 radical (unpaired) electrons. The van der Waals surface area contributed by atoms with Crippen LogP contribution in [0.1, 0.15) is 123 Å². The maximum Gasteiger partial charge on any atom is 0.407 e. The number of nitrogens with one attached hydrogen (secondary N) is 4. The molecule has 3 aromatic heterocycles. The molecule has 11 rings (SSSR count). The molecule has 14 heteroatoms. The van der Waals surface area contributed by atoms with Crippen molar-refractivity contribution in [3.05, 3.63) is 138 Å². The first-order valence-electron chi connectivity index (χ1n) is 23.1. The van der Waals surface area contributed by atoms with Gasteiger partial charge in [-0.2, -0.15) is 0 Å². The summed E-state index contributed by atoms with van der Waals surface area (Å²) >= 11 is 0. The van der Waals surface area contributed by atoms with Gasteiger partial charge in [0.05, 0.1) is 43.3 Å². The van der Waals surface area contributed by atoms with Crippen LogP contribution in [0.15, 0.2) is 103 Å². The number of benzene rings is 3. The van der Waals surface area contributed by atoms with E-state index in [1.165, 1.54) is 12.8 Å². The van der Waals surface area contributed by atoms with Crippen molar-refractivity contribution in [2.24, 2.45) is 0 Å². The number of hydrogen-bond donors (Lipinski definition) is 4. The first-order valence-corrected chi connectivity index (χ1v) is 23.1. The van der Waals surface area contributed by atoms with Crippen LogP contribution in [0.4, 0.5) is 4.79 Å². The van der Waals surface area contributed by atoms with Crippen molar-refractivity contribution in [1.82, 2.24) is 45.4 Å². The van der Waals surface area contributed by atoms with E-state index in [9.17, 15) is 14.4 Å². The van der Waals surface area contributed by atoms with Gasteiger partial charge in [0.25, 0.3) is 5.91 Å². The molecule has 2 aliphatic heterocycles. The Morgan fingerprint density at radius 3 is 1.97 bits per heavy atom. The van der Waals surface area contributed by atoms with Crippen LogP contribution in [0.3, 0.4) is 0 Å². The van der Waals surface area contributed by atoms with Gasteiger partial charge in [-0.15, -0.1) is 0 Å². The van der Waals surface area contributed by atoms with Gasteiger partial charge in [0.15, 0.2) is 0 Å². The molecular formula is C51H57N9O5. The third-order valence-corrected chi connectivity index (χ3v) is 14.9. The number of pyridine rings is 1. The number of carbonyl (C=O) groups excluding carboxylic acids is 3. The topological polar surface area (TPSA) is 170 Å². The predicted octanol–water partition coefficient (Wildman–Crippen LogP) is 8.25.